The Balaban J connectivity index is 1.67. The molecule has 2 aromatic carbocycles. The lowest BCUT2D eigenvalue weighted by Crippen LogP contribution is -2.31. The second kappa shape index (κ2) is 9.82. The molecule has 0 unspecified atom stereocenters. The summed E-state index contributed by atoms with van der Waals surface area (Å²) in [7, 11) is 0. The molecule has 4 rings (SSSR count). The molecule has 210 valence electrons. The van der Waals surface area contributed by atoms with Crippen LogP contribution in [-0.2, 0) is 24.7 Å². The molecular weight excluding hydrogens is 568 g/mol. The second-order valence-electron chi connectivity index (χ2n) is 8.52. The van der Waals surface area contributed by atoms with Gasteiger partial charge in [0.1, 0.15) is 0 Å². The molecular formula is C26H14F12N2+2. The summed E-state index contributed by atoms with van der Waals surface area (Å²) in [5, 5.41) is 0. The lowest BCUT2D eigenvalue weighted by Gasteiger charge is -2.12. The molecule has 4 aromatic rings. The average molecular weight is 582 g/mol. The number of hydrogen-bond acceptors (Lipinski definition) is 0. The number of rotatable bonds is 3. The van der Waals surface area contributed by atoms with Gasteiger partial charge in [0.2, 0.25) is 11.4 Å². The number of halogens is 12. The van der Waals surface area contributed by atoms with Crippen LogP contribution in [0.3, 0.4) is 0 Å². The molecule has 14 heteroatoms. The Labute approximate surface area is 217 Å². The van der Waals surface area contributed by atoms with E-state index >= 15 is 0 Å². The maximum absolute atomic E-state index is 13.2. The maximum atomic E-state index is 13.2. The van der Waals surface area contributed by atoms with Gasteiger partial charge in [-0.15, -0.1) is 0 Å². The minimum absolute atomic E-state index is 0.000283. The van der Waals surface area contributed by atoms with Crippen molar-refractivity contribution in [2.75, 3.05) is 0 Å². The minimum atomic E-state index is -5.03. The van der Waals surface area contributed by atoms with Crippen molar-refractivity contribution < 1.29 is 61.8 Å². The zero-order chi connectivity index (χ0) is 29.7. The van der Waals surface area contributed by atoms with E-state index in [9.17, 15) is 52.7 Å². The molecule has 40 heavy (non-hydrogen) atoms. The first-order chi connectivity index (χ1) is 18.3. The topological polar surface area (TPSA) is 7.76 Å². The fourth-order valence-electron chi connectivity index (χ4n) is 3.76. The Morgan fingerprint density at radius 2 is 0.575 bits per heavy atom. The van der Waals surface area contributed by atoms with Gasteiger partial charge in [-0.2, -0.15) is 61.8 Å². The molecule has 0 spiro atoms. The molecule has 0 radical (unpaired) electrons. The summed E-state index contributed by atoms with van der Waals surface area (Å²) in [4.78, 5) is 0. The van der Waals surface area contributed by atoms with Gasteiger partial charge >= 0.3 is 24.7 Å². The van der Waals surface area contributed by atoms with Crippen LogP contribution in [0.15, 0.2) is 85.5 Å². The fraction of sp³-hybridized carbons (Fsp3) is 0.154. The van der Waals surface area contributed by atoms with Crippen molar-refractivity contribution in [3.63, 3.8) is 0 Å². The van der Waals surface area contributed by atoms with Crippen LogP contribution in [0.25, 0.3) is 22.5 Å². The smallest absolute Gasteiger partial charge is 0.167 e. The van der Waals surface area contributed by atoms with Crippen molar-refractivity contribution in [1.82, 2.24) is 0 Å². The van der Waals surface area contributed by atoms with E-state index in [1.807, 2.05) is 0 Å². The molecule has 0 N–H and O–H groups in total. The van der Waals surface area contributed by atoms with Gasteiger partial charge in [-0.3, -0.25) is 0 Å². The Hall–Kier alpha value is -4.10. The predicted molar refractivity (Wildman–Crippen MR) is 115 cm³/mol. The van der Waals surface area contributed by atoms with Gasteiger partial charge in [-0.25, -0.2) is 0 Å². The quantitative estimate of drug-likeness (QED) is 0.171. The summed E-state index contributed by atoms with van der Waals surface area (Å²) in [6.45, 7) is 0. The molecule has 2 heterocycles. The van der Waals surface area contributed by atoms with E-state index in [2.05, 4.69) is 0 Å². The summed E-state index contributed by atoms with van der Waals surface area (Å²) in [6, 6.07) is 7.63. The normalized spacial score (nSPS) is 13.0. The van der Waals surface area contributed by atoms with Crippen molar-refractivity contribution in [3.05, 3.63) is 108 Å². The van der Waals surface area contributed by atoms with Gasteiger partial charge in [0.05, 0.1) is 22.3 Å². The van der Waals surface area contributed by atoms with E-state index in [1.165, 1.54) is 49.1 Å². The average Bonchev–Trinajstić information content (AvgIpc) is 2.86. The van der Waals surface area contributed by atoms with Gasteiger partial charge in [0.25, 0.3) is 0 Å². The maximum Gasteiger partial charge on any atom is 0.416 e. The highest BCUT2D eigenvalue weighted by molar-refractivity contribution is 5.61. The molecule has 0 aliphatic carbocycles. The third-order valence-corrected chi connectivity index (χ3v) is 5.73. The van der Waals surface area contributed by atoms with Crippen LogP contribution in [0.1, 0.15) is 22.3 Å². The summed E-state index contributed by atoms with van der Waals surface area (Å²) in [5.74, 6) is 0. The van der Waals surface area contributed by atoms with Crippen LogP contribution < -0.4 is 9.13 Å². The third-order valence-electron chi connectivity index (χ3n) is 5.73. The Morgan fingerprint density at radius 3 is 0.775 bits per heavy atom. The van der Waals surface area contributed by atoms with Gasteiger partial charge < -0.3 is 0 Å². The molecule has 0 aliphatic heterocycles. The molecule has 0 saturated carbocycles. The molecule has 0 aliphatic rings. The highest BCUT2D eigenvalue weighted by Gasteiger charge is 2.39. The van der Waals surface area contributed by atoms with Crippen LogP contribution in [0.5, 0.6) is 0 Å². The predicted octanol–water partition coefficient (Wildman–Crippen LogP) is 7.98. The fourth-order valence-corrected chi connectivity index (χ4v) is 3.76. The Morgan fingerprint density at radius 1 is 0.350 bits per heavy atom. The van der Waals surface area contributed by atoms with Crippen LogP contribution in [0, 0.1) is 0 Å². The molecule has 0 bridgehead atoms. The standard InChI is InChI=1S/C26H14F12N2/c27-23(28,29)17-9-18(24(30,31)32)12-21(11-17)39-5-1-15(2-6-39)16-3-7-40(8-4-16)22-13-19(25(33,34)35)10-20(14-22)26(36,37)38/h1-14H/q+2. The second-order valence-corrected chi connectivity index (χ2v) is 8.52. The highest BCUT2D eigenvalue weighted by atomic mass is 19.4. The highest BCUT2D eigenvalue weighted by Crippen LogP contribution is 2.37. The lowest BCUT2D eigenvalue weighted by atomic mass is 10.1. The van der Waals surface area contributed by atoms with E-state index in [1.54, 1.807) is 0 Å². The zero-order valence-electron chi connectivity index (χ0n) is 19.5. The summed E-state index contributed by atoms with van der Waals surface area (Å²) in [6.07, 6.45) is -15.3. The molecule has 2 nitrogen and oxygen atoms in total. The van der Waals surface area contributed by atoms with Crippen LogP contribution in [0.2, 0.25) is 0 Å². The van der Waals surface area contributed by atoms with E-state index < -0.39 is 58.3 Å². The summed E-state index contributed by atoms with van der Waals surface area (Å²) in [5.41, 5.74) is -5.99. The Kier molecular flexibility index (Phi) is 7.10. The number of hydrogen-bond donors (Lipinski definition) is 0. The first-order valence-electron chi connectivity index (χ1n) is 10.9. The summed E-state index contributed by atoms with van der Waals surface area (Å²) >= 11 is 0. The number of alkyl halides is 12. The van der Waals surface area contributed by atoms with Crippen LogP contribution in [-0.4, -0.2) is 0 Å². The first-order valence-corrected chi connectivity index (χ1v) is 10.9. The monoisotopic (exact) mass is 582 g/mol. The van der Waals surface area contributed by atoms with Gasteiger partial charge in [0.15, 0.2) is 24.8 Å². The van der Waals surface area contributed by atoms with Crippen molar-refractivity contribution in [2.24, 2.45) is 0 Å². The third kappa shape index (κ3) is 6.37. The SMILES string of the molecule is FC(F)(F)c1cc(-[n+]2ccc(-c3cc[n+](-c4cc(C(F)(F)F)cc(C(F)(F)F)c4)cc3)cc2)cc(C(F)(F)F)c1. The molecule has 0 fully saturated rings. The van der Waals surface area contributed by atoms with E-state index in [0.29, 0.717) is 35.4 Å². The number of benzene rings is 2. The van der Waals surface area contributed by atoms with Crippen molar-refractivity contribution in [3.8, 4) is 22.5 Å². The van der Waals surface area contributed by atoms with E-state index in [0.717, 1.165) is 9.13 Å². The summed E-state index contributed by atoms with van der Waals surface area (Å²) < 4.78 is 160. The largest absolute Gasteiger partial charge is 0.416 e. The van der Waals surface area contributed by atoms with Gasteiger partial charge in [-0.1, -0.05) is 0 Å². The minimum Gasteiger partial charge on any atom is -0.167 e. The number of nitrogens with zero attached hydrogens (tertiary/aromatic N) is 2. The molecule has 0 amide bonds. The molecule has 0 atom stereocenters. The number of aromatic nitrogens is 2. The van der Waals surface area contributed by atoms with Crippen molar-refractivity contribution in [2.45, 2.75) is 24.7 Å². The molecule has 2 aromatic heterocycles. The van der Waals surface area contributed by atoms with Crippen molar-refractivity contribution >= 4 is 0 Å². The van der Waals surface area contributed by atoms with Gasteiger partial charge in [-0.05, 0) is 23.3 Å². The van der Waals surface area contributed by atoms with E-state index in [-0.39, 0.29) is 12.1 Å². The molecule has 0 saturated heterocycles. The first kappa shape index (κ1) is 28.9. The van der Waals surface area contributed by atoms with Crippen molar-refractivity contribution in [1.29, 1.82) is 0 Å². The number of pyridine rings is 2. The zero-order valence-corrected chi connectivity index (χ0v) is 19.5. The van der Waals surface area contributed by atoms with Gasteiger partial charge in [0, 0.05) is 48.5 Å². The lowest BCUT2D eigenvalue weighted by molar-refractivity contribution is -0.596. The van der Waals surface area contributed by atoms with Crippen LogP contribution >= 0.6 is 0 Å². The van der Waals surface area contributed by atoms with E-state index in [4.69, 9.17) is 0 Å². The van der Waals surface area contributed by atoms with Crippen LogP contribution in [0.4, 0.5) is 52.7 Å². The Bertz CT molecular complexity index is 1330.